The molecule has 0 aliphatic heterocycles. The van der Waals surface area contributed by atoms with E-state index in [0.717, 1.165) is 210 Å². The first kappa shape index (κ1) is 61.4. The van der Waals surface area contributed by atoms with Gasteiger partial charge >= 0.3 is 0 Å². The van der Waals surface area contributed by atoms with Gasteiger partial charge in [-0.1, -0.05) is 218 Å². The topological polar surface area (TPSA) is 129 Å². The molecule has 0 fully saturated rings. The fraction of sp³-hybridized carbons (Fsp3) is 0. The van der Waals surface area contributed by atoms with Crippen LogP contribution in [-0.2, 0) is 0 Å². The normalized spacial score (nSPS) is 11.6. The highest BCUT2D eigenvalue weighted by Gasteiger charge is 2.16. The number of rotatable bonds is 9. The molecule has 0 atom stereocenters. The maximum Gasteiger partial charge on any atom is 0.0972 e. The highest BCUT2D eigenvalue weighted by molar-refractivity contribution is 6.09. The second kappa shape index (κ2) is 25.8. The lowest BCUT2D eigenvalue weighted by Crippen LogP contribution is -1.91. The van der Waals surface area contributed by atoms with Crippen LogP contribution in [0.25, 0.3) is 210 Å². The molecule has 10 heterocycles. The largest absolute Gasteiger partial charge is 0.256 e. The van der Waals surface area contributed by atoms with E-state index < -0.39 is 0 Å². The summed E-state index contributed by atoms with van der Waals surface area (Å²) in [6.45, 7) is 0. The van der Waals surface area contributed by atoms with Crippen molar-refractivity contribution in [3.63, 3.8) is 0 Å². The van der Waals surface area contributed by atoms with Crippen LogP contribution in [0.2, 0.25) is 0 Å². The van der Waals surface area contributed by atoms with Crippen LogP contribution in [0.5, 0.6) is 0 Å². The van der Waals surface area contributed by atoms with Crippen molar-refractivity contribution in [1.29, 1.82) is 0 Å². The van der Waals surface area contributed by atoms with Crippen LogP contribution in [0.15, 0.2) is 352 Å². The molecule has 0 bridgehead atoms. The van der Waals surface area contributed by atoms with Crippen molar-refractivity contribution < 1.29 is 0 Å². The zero-order chi connectivity index (χ0) is 70.0. The molecule has 0 aliphatic rings. The van der Waals surface area contributed by atoms with E-state index in [4.69, 9.17) is 29.9 Å². The number of para-hydroxylation sites is 2. The number of fused-ring (bicyclic) bond motifs is 12. The Hall–Kier alpha value is -14.5. The summed E-state index contributed by atoms with van der Waals surface area (Å²) < 4.78 is 0. The standard InChI is InChI=1S/C51H31N5.C45H27N5/c1-2-6-32(7-3-1)45-24-19-36-15-16-37-20-25-46(56-51(37)50(36)55-45)34-12-10-33(11-13-34)44-27-22-41-28-38(21-26-47(41)53-44)39-17-14-35-18-23-48(54-49(35)30-39)42-29-40-8-4-5-9-43(40)52-31-42;1-2-6-39-34(4-1)25-36(27-48-39)42-18-14-30-11-12-33(26-43(30)50-42)32-15-19-41-35(24-32)16-20-40(49-41)29-9-7-28(8-10-29)37-21-23-47-45-38(37)17-13-31-5-3-22-46-44(31)45/h1-31H;1-27H. The number of pyridine rings is 10. The zero-order valence-electron chi connectivity index (χ0n) is 57.0. The van der Waals surface area contributed by atoms with E-state index in [9.17, 15) is 0 Å². The molecule has 0 radical (unpaired) electrons. The predicted octanol–water partition coefficient (Wildman–Crippen LogP) is 23.9. The maximum atomic E-state index is 5.15. The molecule has 21 rings (SSSR count). The molecular formula is C96H58N10. The molecule has 0 amide bonds. The van der Waals surface area contributed by atoms with Gasteiger partial charge in [-0.2, -0.15) is 0 Å². The SMILES string of the molecule is c1ccc(-c2ccc3ccc4ccc(-c5ccc(-c6ccc7cc(-c8ccc9ccc(-c%10cnc%11ccccc%11c%10)nc9c8)ccc7n6)cc5)nc4c3n2)cc1.c1ccc2ncc(-c3ccc4ccc(-c5ccc6nc(-c7ccc(-c8ccnc9c8ccc8cccnc89)cc7)ccc6c5)cc4n3)cc2c1. The quantitative estimate of drug-likeness (QED) is 0.129. The fourth-order valence-electron chi connectivity index (χ4n) is 14.6. The molecule has 0 unspecified atom stereocenters. The second-order valence-corrected chi connectivity index (χ2v) is 26.8. The van der Waals surface area contributed by atoms with Gasteiger partial charge in [0.1, 0.15) is 0 Å². The molecule has 0 saturated heterocycles. The minimum Gasteiger partial charge on any atom is -0.256 e. The third kappa shape index (κ3) is 11.5. The maximum absolute atomic E-state index is 5.15. The van der Waals surface area contributed by atoms with E-state index in [1.54, 1.807) is 0 Å². The predicted molar refractivity (Wildman–Crippen MR) is 435 cm³/mol. The molecule has 0 aliphatic carbocycles. The molecule has 11 aromatic carbocycles. The minimum atomic E-state index is 0.903. The average Bonchev–Trinajstić information content (AvgIpc) is 0.776. The van der Waals surface area contributed by atoms with Gasteiger partial charge < -0.3 is 0 Å². The monoisotopic (exact) mass is 1350 g/mol. The van der Waals surface area contributed by atoms with Crippen LogP contribution in [0.4, 0.5) is 0 Å². The van der Waals surface area contributed by atoms with Gasteiger partial charge in [-0.15, -0.1) is 0 Å². The van der Waals surface area contributed by atoms with Gasteiger partial charge in [-0.3, -0.25) is 19.9 Å². The van der Waals surface area contributed by atoms with Gasteiger partial charge in [-0.05, 0) is 143 Å². The van der Waals surface area contributed by atoms with Crippen molar-refractivity contribution in [2.75, 3.05) is 0 Å². The van der Waals surface area contributed by atoms with E-state index >= 15 is 0 Å². The Morgan fingerprint density at radius 3 is 1.05 bits per heavy atom. The van der Waals surface area contributed by atoms with Gasteiger partial charge in [0.05, 0.1) is 89.3 Å². The lowest BCUT2D eigenvalue weighted by molar-refractivity contribution is 1.35. The fourth-order valence-corrected chi connectivity index (χ4v) is 14.6. The van der Waals surface area contributed by atoms with Crippen LogP contribution >= 0.6 is 0 Å². The van der Waals surface area contributed by atoms with E-state index in [1.807, 2.05) is 85.5 Å². The third-order valence-electron chi connectivity index (χ3n) is 20.2. The summed E-state index contributed by atoms with van der Waals surface area (Å²) in [5.74, 6) is 0. The molecule has 10 nitrogen and oxygen atoms in total. The molecule has 10 heteroatoms. The van der Waals surface area contributed by atoms with Crippen molar-refractivity contribution in [3.05, 3.63) is 352 Å². The Labute approximate surface area is 608 Å². The second-order valence-electron chi connectivity index (χ2n) is 26.8. The molecule has 492 valence electrons. The first-order valence-corrected chi connectivity index (χ1v) is 35.4. The van der Waals surface area contributed by atoms with E-state index in [2.05, 4.69) is 287 Å². The summed E-state index contributed by atoms with van der Waals surface area (Å²) in [5.41, 5.74) is 28.0. The molecule has 0 N–H and O–H groups in total. The Bertz CT molecular complexity index is 7090. The Kier molecular flexibility index (Phi) is 15.0. The zero-order valence-corrected chi connectivity index (χ0v) is 57.0. The van der Waals surface area contributed by atoms with Crippen LogP contribution in [0.3, 0.4) is 0 Å². The van der Waals surface area contributed by atoms with Gasteiger partial charge in [-0.25, -0.2) is 29.9 Å². The average molecular weight is 1350 g/mol. The molecule has 106 heavy (non-hydrogen) atoms. The van der Waals surface area contributed by atoms with Crippen molar-refractivity contribution in [3.8, 4) is 101 Å². The smallest absolute Gasteiger partial charge is 0.0972 e. The lowest BCUT2D eigenvalue weighted by atomic mass is 9.98. The van der Waals surface area contributed by atoms with Gasteiger partial charge in [0, 0.05) is 112 Å². The van der Waals surface area contributed by atoms with Crippen molar-refractivity contribution in [2.24, 2.45) is 0 Å². The van der Waals surface area contributed by atoms with Gasteiger partial charge in [0.25, 0.3) is 0 Å². The number of benzene rings is 11. The first-order valence-electron chi connectivity index (χ1n) is 35.4. The van der Waals surface area contributed by atoms with Crippen molar-refractivity contribution in [2.45, 2.75) is 0 Å². The van der Waals surface area contributed by atoms with Crippen LogP contribution < -0.4 is 0 Å². The summed E-state index contributed by atoms with van der Waals surface area (Å²) in [5, 5.41) is 10.9. The Morgan fingerprint density at radius 2 is 0.509 bits per heavy atom. The molecular weight excluding hydrogens is 1290 g/mol. The first-order chi connectivity index (χ1) is 52.4. The van der Waals surface area contributed by atoms with E-state index in [1.165, 1.54) is 0 Å². The van der Waals surface area contributed by atoms with Crippen LogP contribution in [0, 0.1) is 0 Å². The third-order valence-corrected chi connectivity index (χ3v) is 20.2. The number of hydrogen-bond donors (Lipinski definition) is 0. The molecule has 0 spiro atoms. The lowest BCUT2D eigenvalue weighted by Gasteiger charge is -2.10. The summed E-state index contributed by atoms with van der Waals surface area (Å²) in [7, 11) is 0. The summed E-state index contributed by atoms with van der Waals surface area (Å²) >= 11 is 0. The van der Waals surface area contributed by atoms with Gasteiger partial charge in [0.15, 0.2) is 0 Å². The van der Waals surface area contributed by atoms with Crippen LogP contribution in [-0.4, -0.2) is 49.8 Å². The Morgan fingerprint density at radius 1 is 0.160 bits per heavy atom. The molecule has 10 aromatic heterocycles. The number of hydrogen-bond acceptors (Lipinski definition) is 10. The van der Waals surface area contributed by atoms with Crippen molar-refractivity contribution in [1.82, 2.24) is 49.8 Å². The Balaban J connectivity index is 0.000000141. The highest BCUT2D eigenvalue weighted by atomic mass is 14.8. The highest BCUT2D eigenvalue weighted by Crippen LogP contribution is 2.37. The summed E-state index contributed by atoms with van der Waals surface area (Å²) in [4.78, 5) is 49.0. The van der Waals surface area contributed by atoms with Crippen LogP contribution in [0.1, 0.15) is 0 Å². The van der Waals surface area contributed by atoms with E-state index in [-0.39, 0.29) is 0 Å². The van der Waals surface area contributed by atoms with Crippen molar-refractivity contribution >= 4 is 109 Å². The summed E-state index contributed by atoms with van der Waals surface area (Å²) in [6, 6.07) is 114. The summed E-state index contributed by atoms with van der Waals surface area (Å²) in [6.07, 6.45) is 7.50. The number of nitrogens with zero attached hydrogens (tertiary/aromatic N) is 10. The molecule has 0 saturated carbocycles. The minimum absolute atomic E-state index is 0.903. The molecule has 21 aromatic rings. The number of aromatic nitrogens is 10. The van der Waals surface area contributed by atoms with Gasteiger partial charge in [0.2, 0.25) is 0 Å². The van der Waals surface area contributed by atoms with E-state index in [0.29, 0.717) is 0 Å².